The lowest BCUT2D eigenvalue weighted by molar-refractivity contribution is -0.161. The molecule has 2 atom stereocenters. The van der Waals surface area contributed by atoms with Crippen LogP contribution in [0.5, 0.6) is 0 Å². The molecule has 0 spiro atoms. The highest BCUT2D eigenvalue weighted by Gasteiger charge is 2.32. The quantitative estimate of drug-likeness (QED) is 0.432. The van der Waals surface area contributed by atoms with E-state index in [1.165, 1.54) is 0 Å². The number of carboxylic acids is 2. The van der Waals surface area contributed by atoms with Crippen LogP contribution in [0.15, 0.2) is 0 Å². The maximum absolute atomic E-state index is 10.4. The number of aliphatic carboxylic acids is 2. The summed E-state index contributed by atoms with van der Waals surface area (Å²) in [6.45, 7) is 0. The van der Waals surface area contributed by atoms with Crippen LogP contribution in [0.25, 0.3) is 0 Å². The second kappa shape index (κ2) is 4.78. The molecule has 0 radical (unpaired) electrons. The molecule has 0 heterocycles. The Morgan fingerprint density at radius 2 is 1.25 bits per heavy atom. The van der Waals surface area contributed by atoms with Crippen LogP contribution < -0.4 is 0 Å². The van der Waals surface area contributed by atoms with Crippen LogP contribution in [0.2, 0.25) is 0 Å². The Hall–Kier alpha value is -1.01. The number of hydrogen-bond acceptors (Lipinski definition) is 4. The first-order valence-electron chi connectivity index (χ1n) is 3.05. The van der Waals surface area contributed by atoms with Gasteiger partial charge in [-0.25, -0.2) is 9.59 Å². The van der Waals surface area contributed by atoms with Gasteiger partial charge in [0.2, 0.25) is 0 Å². The molecule has 0 amide bonds. The Kier molecular flexibility index (Phi) is 4.38. The highest BCUT2D eigenvalue weighted by molar-refractivity contribution is 6.02. The van der Waals surface area contributed by atoms with Crippen molar-refractivity contribution in [3.8, 4) is 0 Å². The topological polar surface area (TPSA) is 93.1 Å². The molecule has 0 saturated heterocycles. The van der Waals surface area contributed by atoms with Crippen LogP contribution in [0.4, 0.5) is 0 Å². The molecule has 0 rings (SSSR count). The fourth-order valence-electron chi connectivity index (χ4n) is 0.708. The third-order valence-corrected chi connectivity index (χ3v) is 1.27. The van der Waals surface area contributed by atoms with E-state index in [1.54, 1.807) is 0 Å². The molecule has 8 heteroatoms. The maximum atomic E-state index is 10.4. The number of carbonyl (C=O) groups is 2. The largest absolute Gasteiger partial charge is 0.479 e. The van der Waals surface area contributed by atoms with E-state index in [2.05, 4.69) is 9.31 Å². The summed E-state index contributed by atoms with van der Waals surface area (Å²) in [5.74, 6) is -2.74. The first-order valence-corrected chi connectivity index (χ1v) is 3.05. The standard InChI is InChI=1S/C4H8B2O6/c5-11-1(3(7)8)2(12-6)4(9)10/h1-2H,5-6H2,(H,7,8)(H,9,10). The molecule has 0 aliphatic heterocycles. The van der Waals surface area contributed by atoms with Gasteiger partial charge in [-0.05, 0) is 0 Å². The summed E-state index contributed by atoms with van der Waals surface area (Å²) in [5, 5.41) is 16.9. The number of carboxylic acid groups (broad SMARTS) is 2. The van der Waals surface area contributed by atoms with E-state index in [0.29, 0.717) is 0 Å². The summed E-state index contributed by atoms with van der Waals surface area (Å²) in [5.41, 5.74) is 0. The van der Waals surface area contributed by atoms with Gasteiger partial charge in [0, 0.05) is 0 Å². The highest BCUT2D eigenvalue weighted by Crippen LogP contribution is 2.02. The maximum Gasteiger partial charge on any atom is 0.334 e. The third kappa shape index (κ3) is 2.55. The van der Waals surface area contributed by atoms with Crippen molar-refractivity contribution >= 4 is 28.0 Å². The van der Waals surface area contributed by atoms with Crippen molar-refractivity contribution in [2.24, 2.45) is 0 Å². The van der Waals surface area contributed by atoms with E-state index in [0.717, 1.165) is 16.1 Å². The van der Waals surface area contributed by atoms with E-state index in [4.69, 9.17) is 10.2 Å². The molecule has 0 aromatic carbocycles. The summed E-state index contributed by atoms with van der Waals surface area (Å²) in [7, 11) is 2.21. The van der Waals surface area contributed by atoms with Gasteiger partial charge in [-0.1, -0.05) is 0 Å². The lowest BCUT2D eigenvalue weighted by Gasteiger charge is -2.17. The molecule has 0 saturated carbocycles. The van der Waals surface area contributed by atoms with Gasteiger partial charge in [0.15, 0.2) is 12.2 Å². The molecule has 66 valence electrons. The number of rotatable bonds is 5. The minimum Gasteiger partial charge on any atom is -0.479 e. The monoisotopic (exact) mass is 174 g/mol. The van der Waals surface area contributed by atoms with Gasteiger partial charge in [-0.3, -0.25) is 0 Å². The lowest BCUT2D eigenvalue weighted by atomic mass is 10.2. The summed E-state index contributed by atoms with van der Waals surface area (Å²) in [6, 6.07) is 0. The molecule has 2 unspecified atom stereocenters. The Morgan fingerprint density at radius 1 is 1.00 bits per heavy atom. The minimum atomic E-state index is -1.48. The summed E-state index contributed by atoms with van der Waals surface area (Å²) in [4.78, 5) is 20.7. The average molecular weight is 174 g/mol. The van der Waals surface area contributed by atoms with Gasteiger partial charge >= 0.3 is 11.9 Å². The molecule has 0 bridgehead atoms. The van der Waals surface area contributed by atoms with Crippen molar-refractivity contribution in [2.45, 2.75) is 12.2 Å². The molecule has 12 heavy (non-hydrogen) atoms. The van der Waals surface area contributed by atoms with Crippen LogP contribution >= 0.6 is 0 Å². The Labute approximate surface area is 70.3 Å². The highest BCUT2D eigenvalue weighted by atomic mass is 16.5. The fraction of sp³-hybridized carbons (Fsp3) is 0.500. The van der Waals surface area contributed by atoms with E-state index in [-0.39, 0.29) is 0 Å². The Morgan fingerprint density at radius 3 is 1.33 bits per heavy atom. The van der Waals surface area contributed by atoms with E-state index >= 15 is 0 Å². The van der Waals surface area contributed by atoms with Crippen molar-refractivity contribution in [3.63, 3.8) is 0 Å². The zero-order valence-corrected chi connectivity index (χ0v) is 6.68. The van der Waals surface area contributed by atoms with E-state index in [1.807, 2.05) is 0 Å². The Balaban J connectivity index is 4.44. The SMILES string of the molecule is BOC(C(=O)O)C(OB)C(=O)O. The van der Waals surface area contributed by atoms with Crippen molar-refractivity contribution in [1.29, 1.82) is 0 Å². The van der Waals surface area contributed by atoms with Crippen molar-refractivity contribution in [3.05, 3.63) is 0 Å². The first-order chi connectivity index (χ1) is 5.54. The van der Waals surface area contributed by atoms with Crippen LogP contribution in [0.1, 0.15) is 0 Å². The van der Waals surface area contributed by atoms with Gasteiger partial charge in [0.05, 0.1) is 0 Å². The zero-order valence-electron chi connectivity index (χ0n) is 6.68. The Bertz CT molecular complexity index is 162. The molecule has 2 N–H and O–H groups in total. The minimum absolute atomic E-state index is 1.10. The second-order valence-electron chi connectivity index (χ2n) is 1.99. The van der Waals surface area contributed by atoms with E-state index in [9.17, 15) is 9.59 Å². The molecular formula is C4H8B2O6. The van der Waals surface area contributed by atoms with Crippen molar-refractivity contribution in [2.75, 3.05) is 0 Å². The van der Waals surface area contributed by atoms with E-state index < -0.39 is 24.1 Å². The lowest BCUT2D eigenvalue weighted by Crippen LogP contribution is -2.42. The third-order valence-electron chi connectivity index (χ3n) is 1.27. The molecule has 0 aliphatic carbocycles. The zero-order chi connectivity index (χ0) is 9.72. The predicted molar refractivity (Wildman–Crippen MR) is 42.1 cm³/mol. The van der Waals surface area contributed by atoms with Crippen LogP contribution in [-0.4, -0.2) is 50.5 Å². The average Bonchev–Trinajstić information content (AvgIpc) is 1.98. The molecule has 6 nitrogen and oxygen atoms in total. The summed E-state index contributed by atoms with van der Waals surface area (Å²) in [6.07, 6.45) is -2.96. The van der Waals surface area contributed by atoms with Crippen molar-refractivity contribution in [1.82, 2.24) is 0 Å². The summed E-state index contributed by atoms with van der Waals surface area (Å²) < 4.78 is 8.84. The van der Waals surface area contributed by atoms with Gasteiger partial charge in [-0.2, -0.15) is 0 Å². The molecular weight excluding hydrogens is 166 g/mol. The van der Waals surface area contributed by atoms with Gasteiger partial charge in [0.25, 0.3) is 16.1 Å². The van der Waals surface area contributed by atoms with Gasteiger partial charge < -0.3 is 19.5 Å². The number of hydrogen-bond donors (Lipinski definition) is 2. The van der Waals surface area contributed by atoms with Crippen LogP contribution in [0, 0.1) is 0 Å². The fourth-order valence-corrected chi connectivity index (χ4v) is 0.708. The molecule has 0 fully saturated rings. The smallest absolute Gasteiger partial charge is 0.334 e. The van der Waals surface area contributed by atoms with Crippen LogP contribution in [-0.2, 0) is 18.9 Å². The van der Waals surface area contributed by atoms with Crippen molar-refractivity contribution < 1.29 is 29.1 Å². The van der Waals surface area contributed by atoms with Gasteiger partial charge in [0.1, 0.15) is 0 Å². The van der Waals surface area contributed by atoms with Crippen LogP contribution in [0.3, 0.4) is 0 Å². The molecule has 0 aliphatic rings. The first kappa shape index (κ1) is 11.0. The molecule has 0 aromatic rings. The summed E-state index contributed by atoms with van der Waals surface area (Å²) >= 11 is 0. The molecule has 0 aromatic heterocycles. The normalized spacial score (nSPS) is 15.0. The second-order valence-corrected chi connectivity index (χ2v) is 1.99. The predicted octanol–water partition coefficient (Wildman–Crippen LogP) is -2.98. The van der Waals surface area contributed by atoms with Gasteiger partial charge in [-0.15, -0.1) is 0 Å².